The van der Waals surface area contributed by atoms with E-state index in [1.54, 1.807) is 0 Å². The van der Waals surface area contributed by atoms with Crippen LogP contribution in [0.3, 0.4) is 0 Å². The Morgan fingerprint density at radius 2 is 2.27 bits per heavy atom. The molecule has 2 heteroatoms. The third-order valence-electron chi connectivity index (χ3n) is 3.06. The van der Waals surface area contributed by atoms with E-state index in [2.05, 4.69) is 53.8 Å². The molecule has 0 aromatic heterocycles. The molecule has 0 unspecified atom stereocenters. The molecule has 2 atom stereocenters. The first-order chi connectivity index (χ1) is 7.29. The van der Waals surface area contributed by atoms with Gasteiger partial charge in [-0.05, 0) is 25.3 Å². The second-order valence-corrected chi connectivity index (χ2v) is 5.18. The third-order valence-corrected chi connectivity index (χ3v) is 4.04. The van der Waals surface area contributed by atoms with E-state index >= 15 is 0 Å². The Morgan fingerprint density at radius 3 is 2.87 bits per heavy atom. The zero-order valence-corrected chi connectivity index (χ0v) is 11.2. The van der Waals surface area contributed by atoms with Crippen LogP contribution >= 0.6 is 22.6 Å². The van der Waals surface area contributed by atoms with Crippen LogP contribution in [0.1, 0.15) is 29.9 Å². The summed E-state index contributed by atoms with van der Waals surface area (Å²) in [5, 5.41) is 0. The summed E-state index contributed by atoms with van der Waals surface area (Å²) in [5.41, 5.74) is 2.80. The van der Waals surface area contributed by atoms with Crippen molar-refractivity contribution in [1.29, 1.82) is 0 Å². The lowest BCUT2D eigenvalue weighted by Gasteiger charge is -2.28. The number of hydrogen-bond donors (Lipinski definition) is 0. The van der Waals surface area contributed by atoms with Gasteiger partial charge in [0.05, 0.1) is 12.7 Å². The van der Waals surface area contributed by atoms with Crippen molar-refractivity contribution in [3.05, 3.63) is 35.4 Å². The van der Waals surface area contributed by atoms with Gasteiger partial charge >= 0.3 is 0 Å². The minimum atomic E-state index is 0.492. The molecule has 1 nitrogen and oxygen atoms in total. The van der Waals surface area contributed by atoms with Crippen LogP contribution in [0, 0.1) is 6.92 Å². The minimum Gasteiger partial charge on any atom is -0.377 e. The molecule has 82 valence electrons. The van der Waals surface area contributed by atoms with Crippen LogP contribution in [0.25, 0.3) is 0 Å². The molecule has 0 bridgehead atoms. The lowest BCUT2D eigenvalue weighted by Crippen LogP contribution is -2.25. The largest absolute Gasteiger partial charge is 0.377 e. The Bertz CT molecular complexity index is 316. The van der Waals surface area contributed by atoms with Gasteiger partial charge in [-0.2, -0.15) is 0 Å². The molecule has 0 radical (unpaired) electrons. The summed E-state index contributed by atoms with van der Waals surface area (Å²) in [4.78, 5) is 0. The van der Waals surface area contributed by atoms with E-state index in [0.717, 1.165) is 11.0 Å². The number of aryl methyl sites for hydroxylation is 1. The predicted octanol–water partition coefficient (Wildman–Crippen LogP) is 3.69. The molecular formula is C13H17IO. The van der Waals surface area contributed by atoms with E-state index in [9.17, 15) is 0 Å². The Hall–Kier alpha value is -0.0900. The van der Waals surface area contributed by atoms with Crippen LogP contribution in [0.4, 0.5) is 0 Å². The lowest BCUT2D eigenvalue weighted by molar-refractivity contribution is 0.0201. The predicted molar refractivity (Wildman–Crippen MR) is 71.8 cm³/mol. The van der Waals surface area contributed by atoms with Crippen LogP contribution in [0.5, 0.6) is 0 Å². The van der Waals surface area contributed by atoms with E-state index in [4.69, 9.17) is 4.74 Å². The number of halogens is 1. The zero-order valence-electron chi connectivity index (χ0n) is 9.08. The zero-order chi connectivity index (χ0) is 10.7. The second-order valence-electron chi connectivity index (χ2n) is 4.30. The average molecular weight is 316 g/mol. The van der Waals surface area contributed by atoms with E-state index in [1.807, 2.05) is 0 Å². The van der Waals surface area contributed by atoms with Crippen LogP contribution < -0.4 is 0 Å². The normalized spacial score (nSPS) is 26.5. The summed E-state index contributed by atoms with van der Waals surface area (Å²) < 4.78 is 6.95. The molecule has 1 fully saturated rings. The first-order valence-corrected chi connectivity index (χ1v) is 7.06. The van der Waals surface area contributed by atoms with Crippen molar-refractivity contribution in [2.45, 2.75) is 31.8 Å². The van der Waals surface area contributed by atoms with Crippen molar-refractivity contribution in [2.24, 2.45) is 0 Å². The van der Waals surface area contributed by atoms with E-state index in [-0.39, 0.29) is 0 Å². The SMILES string of the molecule is Cc1cccc([C@H]2CC[C@@H](CI)OC2)c1. The summed E-state index contributed by atoms with van der Waals surface area (Å²) >= 11 is 2.41. The van der Waals surface area contributed by atoms with Crippen LogP contribution in [-0.2, 0) is 4.74 Å². The average Bonchev–Trinajstić information content (AvgIpc) is 2.29. The minimum absolute atomic E-state index is 0.492. The van der Waals surface area contributed by atoms with Crippen molar-refractivity contribution in [3.63, 3.8) is 0 Å². The Balaban J connectivity index is 2.01. The summed E-state index contributed by atoms with van der Waals surface area (Å²) in [6, 6.07) is 8.82. The lowest BCUT2D eigenvalue weighted by atomic mass is 9.91. The highest BCUT2D eigenvalue weighted by molar-refractivity contribution is 14.1. The van der Waals surface area contributed by atoms with Gasteiger partial charge in [0.25, 0.3) is 0 Å². The third kappa shape index (κ3) is 2.94. The molecule has 15 heavy (non-hydrogen) atoms. The van der Waals surface area contributed by atoms with E-state index in [0.29, 0.717) is 12.0 Å². The summed E-state index contributed by atoms with van der Waals surface area (Å²) in [7, 11) is 0. The van der Waals surface area contributed by atoms with Gasteiger partial charge in [0.1, 0.15) is 0 Å². The summed E-state index contributed by atoms with van der Waals surface area (Å²) in [5.74, 6) is 0.615. The molecule has 0 aliphatic carbocycles. The molecule has 0 amide bonds. The molecule has 2 rings (SSSR count). The van der Waals surface area contributed by atoms with Gasteiger partial charge < -0.3 is 4.74 Å². The van der Waals surface area contributed by atoms with E-state index in [1.165, 1.54) is 24.0 Å². The molecule has 1 aliphatic rings. The molecule has 1 aromatic carbocycles. The van der Waals surface area contributed by atoms with Gasteiger partial charge in [-0.1, -0.05) is 52.4 Å². The van der Waals surface area contributed by atoms with Gasteiger partial charge in [-0.25, -0.2) is 0 Å². The number of rotatable bonds is 2. The van der Waals surface area contributed by atoms with Crippen molar-refractivity contribution in [3.8, 4) is 0 Å². The highest BCUT2D eigenvalue weighted by atomic mass is 127. The molecular weight excluding hydrogens is 299 g/mol. The standard InChI is InChI=1S/C13H17IO/c1-10-3-2-4-11(7-10)12-5-6-13(8-14)15-9-12/h2-4,7,12-13H,5-6,8-9H2,1H3/t12-,13-/m0/s1. The fraction of sp³-hybridized carbons (Fsp3) is 0.538. The highest BCUT2D eigenvalue weighted by Gasteiger charge is 2.21. The maximum atomic E-state index is 5.83. The highest BCUT2D eigenvalue weighted by Crippen LogP contribution is 2.29. The van der Waals surface area contributed by atoms with Crippen LogP contribution in [0.2, 0.25) is 0 Å². The fourth-order valence-corrected chi connectivity index (χ4v) is 2.81. The maximum absolute atomic E-state index is 5.83. The molecule has 1 aromatic rings. The van der Waals surface area contributed by atoms with Crippen molar-refractivity contribution < 1.29 is 4.74 Å². The molecule has 0 saturated carbocycles. The topological polar surface area (TPSA) is 9.23 Å². The van der Waals surface area contributed by atoms with Crippen LogP contribution in [0.15, 0.2) is 24.3 Å². The number of hydrogen-bond acceptors (Lipinski definition) is 1. The smallest absolute Gasteiger partial charge is 0.0665 e. The molecule has 1 saturated heterocycles. The van der Waals surface area contributed by atoms with Gasteiger partial charge in [-0.3, -0.25) is 0 Å². The Morgan fingerprint density at radius 1 is 1.40 bits per heavy atom. The molecule has 1 heterocycles. The Labute approximate surface area is 105 Å². The van der Waals surface area contributed by atoms with Crippen molar-refractivity contribution in [2.75, 3.05) is 11.0 Å². The fourth-order valence-electron chi connectivity index (χ4n) is 2.11. The number of benzene rings is 1. The van der Waals surface area contributed by atoms with Gasteiger partial charge in [0.2, 0.25) is 0 Å². The maximum Gasteiger partial charge on any atom is 0.0665 e. The van der Waals surface area contributed by atoms with Gasteiger partial charge in [0, 0.05) is 10.3 Å². The van der Waals surface area contributed by atoms with E-state index < -0.39 is 0 Å². The monoisotopic (exact) mass is 316 g/mol. The molecule has 0 N–H and O–H groups in total. The summed E-state index contributed by atoms with van der Waals surface area (Å²) in [6.07, 6.45) is 2.98. The van der Waals surface area contributed by atoms with Crippen LogP contribution in [-0.4, -0.2) is 17.1 Å². The quantitative estimate of drug-likeness (QED) is 0.597. The first kappa shape index (κ1) is 11.4. The van der Waals surface area contributed by atoms with Gasteiger partial charge in [-0.15, -0.1) is 0 Å². The Kier molecular flexibility index (Phi) is 4.03. The van der Waals surface area contributed by atoms with Crippen molar-refractivity contribution in [1.82, 2.24) is 0 Å². The van der Waals surface area contributed by atoms with Gasteiger partial charge in [0.15, 0.2) is 0 Å². The second kappa shape index (κ2) is 5.30. The van der Waals surface area contributed by atoms with Crippen molar-refractivity contribution >= 4 is 22.6 Å². The molecule has 1 aliphatic heterocycles. The number of alkyl halides is 1. The summed E-state index contributed by atoms with van der Waals surface area (Å²) in [6.45, 7) is 3.05. The first-order valence-electron chi connectivity index (χ1n) is 5.53. The molecule has 0 spiro atoms. The number of ether oxygens (including phenoxy) is 1.